The molecule has 2 aromatic carbocycles. The first kappa shape index (κ1) is 26.7. The number of hydrogen-bond acceptors (Lipinski definition) is 2. The smallest absolute Gasteiger partial charge is 0.346 e. The van der Waals surface area contributed by atoms with E-state index in [1.165, 1.54) is 6.92 Å². The maximum absolute atomic E-state index is 13.4. The van der Waals surface area contributed by atoms with Crippen LogP contribution in [0.1, 0.15) is 72.3 Å². The highest BCUT2D eigenvalue weighted by Gasteiger charge is 2.41. The first-order valence-corrected chi connectivity index (χ1v) is 12.0. The van der Waals surface area contributed by atoms with Gasteiger partial charge in [0, 0.05) is 12.4 Å². The fourth-order valence-corrected chi connectivity index (χ4v) is 5.05. The second-order valence-corrected chi connectivity index (χ2v) is 9.55. The van der Waals surface area contributed by atoms with Gasteiger partial charge in [-0.15, -0.1) is 0 Å². The molecule has 3 aromatic rings. The number of carbonyl (C=O) groups is 1. The summed E-state index contributed by atoms with van der Waals surface area (Å²) in [6.45, 7) is 1.33. The first-order valence-electron chi connectivity index (χ1n) is 12.0. The molecule has 1 aliphatic carbocycles. The van der Waals surface area contributed by atoms with E-state index in [1.54, 1.807) is 12.4 Å². The molecular formula is C28H26F6N2O. The number of halogens is 6. The van der Waals surface area contributed by atoms with Gasteiger partial charge in [0.1, 0.15) is 0 Å². The molecule has 0 spiro atoms. The Labute approximate surface area is 210 Å². The lowest BCUT2D eigenvalue weighted by atomic mass is 9.71. The van der Waals surface area contributed by atoms with Gasteiger partial charge in [-0.05, 0) is 85.5 Å². The van der Waals surface area contributed by atoms with Crippen molar-refractivity contribution in [2.75, 3.05) is 0 Å². The Morgan fingerprint density at radius 3 is 1.95 bits per heavy atom. The van der Waals surface area contributed by atoms with Crippen molar-refractivity contribution in [3.63, 3.8) is 0 Å². The van der Waals surface area contributed by atoms with Crippen molar-refractivity contribution in [1.29, 1.82) is 0 Å². The number of pyridine rings is 1. The minimum atomic E-state index is -4.98. The van der Waals surface area contributed by atoms with E-state index in [1.807, 2.05) is 42.5 Å². The molecule has 1 aliphatic rings. The Bertz CT molecular complexity index is 1180. The Morgan fingerprint density at radius 1 is 0.892 bits per heavy atom. The van der Waals surface area contributed by atoms with E-state index >= 15 is 0 Å². The van der Waals surface area contributed by atoms with E-state index in [4.69, 9.17) is 0 Å². The predicted octanol–water partition coefficient (Wildman–Crippen LogP) is 7.59. The van der Waals surface area contributed by atoms with E-state index < -0.39 is 40.8 Å². The van der Waals surface area contributed by atoms with Crippen LogP contribution >= 0.6 is 0 Å². The molecule has 0 aliphatic heterocycles. The highest BCUT2D eigenvalue weighted by atomic mass is 19.4. The summed E-state index contributed by atoms with van der Waals surface area (Å²) in [6.07, 6.45) is -3.89. The summed E-state index contributed by atoms with van der Waals surface area (Å²) < 4.78 is 80.2. The van der Waals surface area contributed by atoms with E-state index in [0.29, 0.717) is 25.0 Å². The molecule has 0 bridgehead atoms. The molecule has 1 heterocycles. The summed E-state index contributed by atoms with van der Waals surface area (Å²) in [5, 5.41) is 3.02. The summed E-state index contributed by atoms with van der Waals surface area (Å²) >= 11 is 0. The third-order valence-electron chi connectivity index (χ3n) is 7.21. The number of carbonyl (C=O) groups excluding carboxylic acids is 1. The Balaban J connectivity index is 1.63. The third kappa shape index (κ3) is 5.97. The molecule has 1 N–H and O–H groups in total. The van der Waals surface area contributed by atoms with Gasteiger partial charge in [0.2, 0.25) is 5.91 Å². The quantitative estimate of drug-likeness (QED) is 0.352. The van der Waals surface area contributed by atoms with Crippen molar-refractivity contribution in [3.8, 4) is 0 Å². The van der Waals surface area contributed by atoms with Crippen LogP contribution in [-0.2, 0) is 22.7 Å². The van der Waals surface area contributed by atoms with Crippen LogP contribution < -0.4 is 5.32 Å². The van der Waals surface area contributed by atoms with Crippen LogP contribution in [0.25, 0.3) is 0 Å². The Hall–Kier alpha value is -3.36. The number of hydrogen-bond donors (Lipinski definition) is 1. The molecule has 9 heteroatoms. The molecule has 0 saturated heterocycles. The van der Waals surface area contributed by atoms with Crippen molar-refractivity contribution < 1.29 is 31.1 Å². The van der Waals surface area contributed by atoms with Gasteiger partial charge in [0.05, 0.1) is 22.6 Å². The molecule has 37 heavy (non-hydrogen) atoms. The second-order valence-electron chi connectivity index (χ2n) is 9.55. The predicted molar refractivity (Wildman–Crippen MR) is 127 cm³/mol. The van der Waals surface area contributed by atoms with Gasteiger partial charge in [-0.25, -0.2) is 0 Å². The average molecular weight is 521 g/mol. The van der Waals surface area contributed by atoms with Gasteiger partial charge < -0.3 is 5.32 Å². The number of nitrogens with zero attached hydrogens (tertiary/aromatic N) is 1. The van der Waals surface area contributed by atoms with E-state index in [9.17, 15) is 31.1 Å². The number of alkyl halides is 6. The van der Waals surface area contributed by atoms with E-state index in [2.05, 4.69) is 10.3 Å². The summed E-state index contributed by atoms with van der Waals surface area (Å²) in [4.78, 5) is 17.4. The van der Waals surface area contributed by atoms with Crippen molar-refractivity contribution in [3.05, 3.63) is 101 Å². The van der Waals surface area contributed by atoms with Crippen LogP contribution in [-0.4, -0.2) is 10.9 Å². The van der Waals surface area contributed by atoms with Gasteiger partial charge in [-0.1, -0.05) is 30.3 Å². The minimum absolute atomic E-state index is 0.0694. The summed E-state index contributed by atoms with van der Waals surface area (Å²) in [6, 6.07) is 14.5. The summed E-state index contributed by atoms with van der Waals surface area (Å²) in [5.74, 6) is -1.60. The molecule has 1 fully saturated rings. The molecule has 3 nitrogen and oxygen atoms in total. The van der Waals surface area contributed by atoms with Gasteiger partial charge in [-0.2, -0.15) is 26.3 Å². The highest BCUT2D eigenvalue weighted by molar-refractivity contribution is 5.84. The largest absolute Gasteiger partial charge is 0.416 e. The van der Waals surface area contributed by atoms with Gasteiger partial charge in [-0.3, -0.25) is 9.78 Å². The van der Waals surface area contributed by atoms with Crippen molar-refractivity contribution in [1.82, 2.24) is 10.3 Å². The number of aromatic nitrogens is 1. The lowest BCUT2D eigenvalue weighted by molar-refractivity contribution is -0.143. The molecule has 1 unspecified atom stereocenters. The standard InChI is InChI=1S/C28H26F6N2O/c1-18(21-15-23(27(29,30)31)17-24(16-21)28(32,33)34)25(37)36-26(22-5-3-2-4-6-22)11-7-19(8-12-26)20-9-13-35-14-10-20/h2-6,9-10,13-19H,7-8,11-12H2,1H3,(H,36,37)/t18?,19-,26-. The van der Waals surface area contributed by atoms with Crippen LogP contribution in [0.3, 0.4) is 0 Å². The number of nitrogens with one attached hydrogen (secondary N) is 1. The zero-order chi connectivity index (χ0) is 26.8. The SMILES string of the molecule is CC(C(=O)N[C@]1(c2ccccc2)CC[C@@H](c2ccncc2)CC1)c1cc(C(F)(F)F)cc(C(F)(F)F)c1. The maximum Gasteiger partial charge on any atom is 0.416 e. The van der Waals surface area contributed by atoms with Crippen LogP contribution in [0.5, 0.6) is 0 Å². The van der Waals surface area contributed by atoms with Crippen molar-refractivity contribution >= 4 is 5.91 Å². The van der Waals surface area contributed by atoms with Gasteiger partial charge in [0.15, 0.2) is 0 Å². The second kappa shape index (κ2) is 10.2. The molecule has 0 radical (unpaired) electrons. The van der Waals surface area contributed by atoms with Crippen LogP contribution in [0.2, 0.25) is 0 Å². The summed E-state index contributed by atoms with van der Waals surface area (Å²) in [7, 11) is 0. The Morgan fingerprint density at radius 2 is 1.43 bits per heavy atom. The zero-order valence-electron chi connectivity index (χ0n) is 20.0. The zero-order valence-corrected chi connectivity index (χ0v) is 20.0. The van der Waals surface area contributed by atoms with Gasteiger partial charge >= 0.3 is 12.4 Å². The topological polar surface area (TPSA) is 42.0 Å². The number of rotatable bonds is 5. The van der Waals surface area contributed by atoms with Crippen molar-refractivity contribution in [2.24, 2.45) is 0 Å². The minimum Gasteiger partial charge on any atom is -0.346 e. The first-order chi connectivity index (χ1) is 17.4. The summed E-state index contributed by atoms with van der Waals surface area (Å²) in [5.41, 5.74) is -2.01. The molecule has 4 rings (SSSR count). The fourth-order valence-electron chi connectivity index (χ4n) is 5.05. The fraction of sp³-hybridized carbons (Fsp3) is 0.357. The molecule has 1 saturated carbocycles. The third-order valence-corrected chi connectivity index (χ3v) is 7.21. The highest BCUT2D eigenvalue weighted by Crippen LogP contribution is 2.44. The van der Waals surface area contributed by atoms with E-state index in [-0.39, 0.29) is 17.5 Å². The Kier molecular flexibility index (Phi) is 7.35. The lowest BCUT2D eigenvalue weighted by Gasteiger charge is -2.42. The van der Waals surface area contributed by atoms with Crippen LogP contribution in [0.15, 0.2) is 73.1 Å². The average Bonchev–Trinajstić information content (AvgIpc) is 2.88. The molecule has 196 valence electrons. The van der Waals surface area contributed by atoms with E-state index in [0.717, 1.165) is 24.0 Å². The molecule has 1 aromatic heterocycles. The van der Waals surface area contributed by atoms with Gasteiger partial charge in [0.25, 0.3) is 0 Å². The van der Waals surface area contributed by atoms with Crippen molar-refractivity contribution in [2.45, 2.75) is 62.3 Å². The van der Waals surface area contributed by atoms with Crippen LogP contribution in [0.4, 0.5) is 26.3 Å². The molecular weight excluding hydrogens is 494 g/mol. The number of amides is 1. The molecule has 1 atom stereocenters. The monoisotopic (exact) mass is 520 g/mol. The normalized spacial score (nSPS) is 21.3. The maximum atomic E-state index is 13.4. The molecule has 1 amide bonds. The number of benzene rings is 2. The lowest BCUT2D eigenvalue weighted by Crippen LogP contribution is -2.49. The van der Waals surface area contributed by atoms with Crippen LogP contribution in [0, 0.1) is 0 Å².